The molecule has 7 nitrogen and oxygen atoms in total. The van der Waals surface area contributed by atoms with E-state index in [2.05, 4.69) is 20.2 Å². The van der Waals surface area contributed by atoms with Gasteiger partial charge >= 0.3 is 5.97 Å². The van der Waals surface area contributed by atoms with Crippen LogP contribution in [0.2, 0.25) is 0 Å². The fraction of sp³-hybridized carbons (Fsp3) is 0.429. The van der Waals surface area contributed by atoms with Gasteiger partial charge < -0.3 is 14.6 Å². The highest BCUT2D eigenvalue weighted by molar-refractivity contribution is 7.17. The molecule has 0 saturated heterocycles. The van der Waals surface area contributed by atoms with E-state index in [0.717, 1.165) is 28.4 Å². The van der Waals surface area contributed by atoms with E-state index in [1.165, 1.54) is 7.11 Å². The van der Waals surface area contributed by atoms with Gasteiger partial charge in [0.15, 0.2) is 5.13 Å². The summed E-state index contributed by atoms with van der Waals surface area (Å²) in [6.45, 7) is 5.36. The molecule has 1 N–H and O–H groups in total. The largest absolute Gasteiger partial charge is 0.465 e. The van der Waals surface area contributed by atoms with Crippen molar-refractivity contribution in [3.63, 3.8) is 0 Å². The van der Waals surface area contributed by atoms with Crippen molar-refractivity contribution in [2.75, 3.05) is 12.4 Å². The summed E-state index contributed by atoms with van der Waals surface area (Å²) in [5.41, 5.74) is 2.28. The van der Waals surface area contributed by atoms with Crippen LogP contribution in [0, 0.1) is 20.8 Å². The molecule has 8 heteroatoms. The Morgan fingerprint density at radius 1 is 1.27 bits per heavy atom. The number of thiazole rings is 1. The smallest absolute Gasteiger partial charge is 0.350 e. The van der Waals surface area contributed by atoms with Crippen LogP contribution in [-0.4, -0.2) is 29.1 Å². The molecule has 2 aromatic heterocycles. The number of ether oxygens (including phenoxy) is 1. The normalized spacial score (nSPS) is 10.5. The summed E-state index contributed by atoms with van der Waals surface area (Å²) in [7, 11) is 1.31. The van der Waals surface area contributed by atoms with Gasteiger partial charge in [-0.15, -0.1) is 0 Å². The highest BCUT2D eigenvalue weighted by atomic mass is 32.1. The van der Waals surface area contributed by atoms with Crippen LogP contribution < -0.4 is 5.32 Å². The van der Waals surface area contributed by atoms with Crippen molar-refractivity contribution in [3.05, 3.63) is 27.6 Å². The molecule has 0 fully saturated rings. The summed E-state index contributed by atoms with van der Waals surface area (Å²) in [4.78, 5) is 28.0. The summed E-state index contributed by atoms with van der Waals surface area (Å²) < 4.78 is 9.72. The minimum absolute atomic E-state index is 0.176. The lowest BCUT2D eigenvalue weighted by atomic mass is 10.1. The number of nitrogens with one attached hydrogen (secondary N) is 1. The van der Waals surface area contributed by atoms with Gasteiger partial charge in [0.1, 0.15) is 10.6 Å². The minimum atomic E-state index is -0.453. The molecule has 0 aliphatic heterocycles. The van der Waals surface area contributed by atoms with Gasteiger partial charge in [-0.3, -0.25) is 4.79 Å². The topological polar surface area (TPSA) is 94.3 Å². The van der Waals surface area contributed by atoms with E-state index in [-0.39, 0.29) is 12.3 Å². The third kappa shape index (κ3) is 3.51. The molecule has 0 radical (unpaired) electrons. The number of nitrogens with zero attached hydrogens (tertiary/aromatic N) is 2. The molecule has 118 valence electrons. The Bertz CT molecular complexity index is 686. The lowest BCUT2D eigenvalue weighted by Gasteiger charge is -2.01. The van der Waals surface area contributed by atoms with Gasteiger partial charge in [0, 0.05) is 12.0 Å². The van der Waals surface area contributed by atoms with Crippen molar-refractivity contribution in [2.45, 2.75) is 33.6 Å². The third-order valence-corrected chi connectivity index (χ3v) is 4.25. The monoisotopic (exact) mass is 323 g/mol. The zero-order valence-electron chi connectivity index (χ0n) is 12.8. The number of amides is 1. The molecule has 0 bridgehead atoms. The van der Waals surface area contributed by atoms with Crippen molar-refractivity contribution in [1.29, 1.82) is 0 Å². The van der Waals surface area contributed by atoms with E-state index in [9.17, 15) is 9.59 Å². The first kappa shape index (κ1) is 16.2. The second-order valence-electron chi connectivity index (χ2n) is 4.78. The Morgan fingerprint density at radius 2 is 2.00 bits per heavy atom. The van der Waals surface area contributed by atoms with Gasteiger partial charge in [-0.05, 0) is 27.2 Å². The summed E-state index contributed by atoms with van der Waals surface area (Å²) >= 11 is 1.10. The molecule has 0 unspecified atom stereocenters. The van der Waals surface area contributed by atoms with Crippen molar-refractivity contribution < 1.29 is 18.8 Å². The van der Waals surface area contributed by atoms with Crippen LogP contribution in [0.4, 0.5) is 5.13 Å². The second kappa shape index (κ2) is 6.69. The first-order chi connectivity index (χ1) is 10.4. The fourth-order valence-corrected chi connectivity index (χ4v) is 2.91. The highest BCUT2D eigenvalue weighted by Gasteiger charge is 2.17. The molecule has 2 rings (SSSR count). The molecular weight excluding hydrogens is 306 g/mol. The Morgan fingerprint density at radius 3 is 2.59 bits per heavy atom. The first-order valence-corrected chi connectivity index (χ1v) is 7.51. The Hall–Kier alpha value is -2.22. The highest BCUT2D eigenvalue weighted by Crippen LogP contribution is 2.23. The second-order valence-corrected chi connectivity index (χ2v) is 5.78. The summed E-state index contributed by atoms with van der Waals surface area (Å²) in [6.07, 6.45) is 0.830. The molecular formula is C14H17N3O4S. The third-order valence-electron chi connectivity index (χ3n) is 3.20. The molecule has 0 aromatic carbocycles. The van der Waals surface area contributed by atoms with Gasteiger partial charge in [0.05, 0.1) is 18.5 Å². The molecule has 1 amide bonds. The van der Waals surface area contributed by atoms with Crippen LogP contribution in [-0.2, 0) is 16.0 Å². The van der Waals surface area contributed by atoms with E-state index in [1.807, 2.05) is 13.8 Å². The molecule has 0 atom stereocenters. The molecule has 22 heavy (non-hydrogen) atoms. The van der Waals surface area contributed by atoms with Crippen molar-refractivity contribution in [2.24, 2.45) is 0 Å². The van der Waals surface area contributed by atoms with Gasteiger partial charge in [0.25, 0.3) is 0 Å². The minimum Gasteiger partial charge on any atom is -0.465 e. The van der Waals surface area contributed by atoms with E-state index in [1.54, 1.807) is 6.92 Å². The maximum atomic E-state index is 12.0. The zero-order valence-corrected chi connectivity index (χ0v) is 13.7. The van der Waals surface area contributed by atoms with Crippen LogP contribution in [0.1, 0.15) is 38.8 Å². The van der Waals surface area contributed by atoms with Crippen molar-refractivity contribution >= 4 is 28.3 Å². The van der Waals surface area contributed by atoms with Gasteiger partial charge in [0.2, 0.25) is 5.91 Å². The summed E-state index contributed by atoms with van der Waals surface area (Å²) in [5.74, 6) is 0.0970. The number of anilines is 1. The molecule has 0 spiro atoms. The Labute approximate surface area is 131 Å². The van der Waals surface area contributed by atoms with Crippen molar-refractivity contribution in [1.82, 2.24) is 10.1 Å². The molecule has 0 saturated carbocycles. The van der Waals surface area contributed by atoms with Crippen LogP contribution in [0.3, 0.4) is 0 Å². The predicted molar refractivity (Wildman–Crippen MR) is 81.1 cm³/mol. The Kier molecular flexibility index (Phi) is 4.92. The quantitative estimate of drug-likeness (QED) is 0.849. The molecule has 2 heterocycles. The van der Waals surface area contributed by atoms with Crippen LogP contribution in [0.15, 0.2) is 4.52 Å². The average molecular weight is 323 g/mol. The van der Waals surface area contributed by atoms with Crippen LogP contribution in [0.25, 0.3) is 0 Å². The number of esters is 1. The number of aromatic nitrogens is 2. The van der Waals surface area contributed by atoms with E-state index >= 15 is 0 Å². The number of carbonyl (C=O) groups is 2. The number of carbonyl (C=O) groups excluding carboxylic acids is 2. The SMILES string of the molecule is COC(=O)c1sc(NC(=O)CCc2c(C)noc2C)nc1C. The van der Waals surface area contributed by atoms with Crippen LogP contribution >= 0.6 is 11.3 Å². The fourth-order valence-electron chi connectivity index (χ4n) is 2.01. The van der Waals surface area contributed by atoms with Crippen LogP contribution in [0.5, 0.6) is 0 Å². The maximum Gasteiger partial charge on any atom is 0.350 e. The number of aryl methyl sites for hydroxylation is 3. The standard InChI is InChI=1S/C14H17N3O4S/c1-7-10(9(3)21-17-7)5-6-11(18)16-14-15-8(2)12(22-14)13(19)20-4/h5-6H2,1-4H3,(H,15,16,18). The summed E-state index contributed by atoms with van der Waals surface area (Å²) in [5, 5.41) is 6.94. The number of hydrogen-bond acceptors (Lipinski definition) is 7. The Balaban J connectivity index is 1.96. The van der Waals surface area contributed by atoms with Crippen molar-refractivity contribution in [3.8, 4) is 0 Å². The number of hydrogen-bond donors (Lipinski definition) is 1. The molecule has 0 aliphatic carbocycles. The lowest BCUT2D eigenvalue weighted by Crippen LogP contribution is -2.12. The van der Waals surface area contributed by atoms with Gasteiger partial charge in [-0.2, -0.15) is 0 Å². The maximum absolute atomic E-state index is 12.0. The predicted octanol–water partition coefficient (Wildman–Crippen LogP) is 2.41. The number of rotatable bonds is 5. The average Bonchev–Trinajstić information content (AvgIpc) is 2.99. The molecule has 0 aliphatic rings. The van der Waals surface area contributed by atoms with Gasteiger partial charge in [-0.1, -0.05) is 16.5 Å². The summed E-state index contributed by atoms with van der Waals surface area (Å²) in [6, 6.07) is 0. The van der Waals surface area contributed by atoms with E-state index in [0.29, 0.717) is 22.1 Å². The van der Waals surface area contributed by atoms with E-state index < -0.39 is 5.97 Å². The lowest BCUT2D eigenvalue weighted by molar-refractivity contribution is -0.116. The first-order valence-electron chi connectivity index (χ1n) is 6.69. The number of methoxy groups -OCH3 is 1. The van der Waals surface area contributed by atoms with E-state index in [4.69, 9.17) is 4.52 Å². The molecule has 2 aromatic rings. The zero-order chi connectivity index (χ0) is 16.3. The van der Waals surface area contributed by atoms with Gasteiger partial charge in [-0.25, -0.2) is 9.78 Å².